The van der Waals surface area contributed by atoms with Gasteiger partial charge in [0.15, 0.2) is 5.69 Å². The highest BCUT2D eigenvalue weighted by Gasteiger charge is 2.25. The van der Waals surface area contributed by atoms with E-state index in [0.717, 1.165) is 19.3 Å². The second-order valence-corrected chi connectivity index (χ2v) is 7.29. The highest BCUT2D eigenvalue weighted by atomic mass is 16.2. The van der Waals surface area contributed by atoms with E-state index in [0.29, 0.717) is 28.1 Å². The molecule has 1 amide bonds. The summed E-state index contributed by atoms with van der Waals surface area (Å²) in [5.74, 6) is 0.239. The van der Waals surface area contributed by atoms with Crippen molar-refractivity contribution in [1.29, 1.82) is 0 Å². The number of benzene rings is 2. The Labute approximate surface area is 158 Å². The quantitative estimate of drug-likeness (QED) is 0.774. The van der Waals surface area contributed by atoms with Gasteiger partial charge in [-0.15, -0.1) is 0 Å². The third-order valence-corrected chi connectivity index (χ3v) is 5.45. The first-order valence-corrected chi connectivity index (χ1v) is 9.53. The van der Waals surface area contributed by atoms with E-state index in [4.69, 9.17) is 0 Å². The number of carbonyl (C=O) groups is 1. The van der Waals surface area contributed by atoms with Gasteiger partial charge in [0, 0.05) is 11.4 Å². The Morgan fingerprint density at radius 1 is 1.00 bits per heavy atom. The molecule has 0 unspecified atom stereocenters. The van der Waals surface area contributed by atoms with Gasteiger partial charge in [-0.2, -0.15) is 9.78 Å². The topological polar surface area (TPSA) is 64.0 Å². The van der Waals surface area contributed by atoms with Crippen LogP contribution in [0, 0.1) is 5.92 Å². The standard InChI is InChI=1S/C22H23N3O2/c1-15-9-5-8-14-19(15)23-21(26)20-17-12-6-7-13-18(17)22(27)25(24-20)16-10-3-2-4-11-16/h2-4,6-7,10-13,15,19H,5,8-9,14H2,1H3,(H,23,26)/t15-,19+/m0/s1. The molecule has 27 heavy (non-hydrogen) atoms. The summed E-state index contributed by atoms with van der Waals surface area (Å²) in [5, 5.41) is 8.70. The third kappa shape index (κ3) is 3.37. The fourth-order valence-electron chi connectivity index (χ4n) is 3.87. The molecule has 2 atom stereocenters. The lowest BCUT2D eigenvalue weighted by Gasteiger charge is -2.29. The van der Waals surface area contributed by atoms with E-state index in [1.165, 1.54) is 11.1 Å². The number of carbonyl (C=O) groups excluding carboxylic acids is 1. The molecule has 0 radical (unpaired) electrons. The first kappa shape index (κ1) is 17.5. The van der Waals surface area contributed by atoms with Crippen molar-refractivity contribution in [2.24, 2.45) is 5.92 Å². The van der Waals surface area contributed by atoms with Crippen molar-refractivity contribution in [2.75, 3.05) is 0 Å². The fraction of sp³-hybridized carbons (Fsp3) is 0.318. The first-order valence-electron chi connectivity index (χ1n) is 9.53. The summed E-state index contributed by atoms with van der Waals surface area (Å²) in [4.78, 5) is 26.0. The predicted molar refractivity (Wildman–Crippen MR) is 106 cm³/mol. The highest BCUT2D eigenvalue weighted by molar-refractivity contribution is 6.05. The van der Waals surface area contributed by atoms with Gasteiger partial charge in [-0.3, -0.25) is 9.59 Å². The van der Waals surface area contributed by atoms with Crippen molar-refractivity contribution < 1.29 is 4.79 Å². The molecule has 5 heteroatoms. The summed E-state index contributed by atoms with van der Waals surface area (Å²) in [7, 11) is 0. The Morgan fingerprint density at radius 3 is 2.41 bits per heavy atom. The summed E-state index contributed by atoms with van der Waals surface area (Å²) >= 11 is 0. The number of fused-ring (bicyclic) bond motifs is 1. The molecule has 0 bridgehead atoms. The lowest BCUT2D eigenvalue weighted by Crippen LogP contribution is -2.42. The number of nitrogens with zero attached hydrogens (tertiary/aromatic N) is 2. The molecule has 0 saturated heterocycles. The van der Waals surface area contributed by atoms with Crippen LogP contribution in [0.15, 0.2) is 59.4 Å². The molecule has 1 fully saturated rings. The fourth-order valence-corrected chi connectivity index (χ4v) is 3.87. The van der Waals surface area contributed by atoms with Gasteiger partial charge in [0.25, 0.3) is 11.5 Å². The SMILES string of the molecule is C[C@H]1CCCC[C@H]1NC(=O)c1nn(-c2ccccc2)c(=O)c2ccccc12. The second kappa shape index (κ2) is 7.35. The molecule has 2 aromatic carbocycles. The summed E-state index contributed by atoms with van der Waals surface area (Å²) in [5.41, 5.74) is 0.722. The monoisotopic (exact) mass is 361 g/mol. The first-order chi connectivity index (χ1) is 13.1. The van der Waals surface area contributed by atoms with E-state index >= 15 is 0 Å². The van der Waals surface area contributed by atoms with Crippen LogP contribution in [0.2, 0.25) is 0 Å². The second-order valence-electron chi connectivity index (χ2n) is 7.29. The molecule has 0 aliphatic heterocycles. The lowest BCUT2D eigenvalue weighted by atomic mass is 9.86. The number of hydrogen-bond acceptors (Lipinski definition) is 3. The van der Waals surface area contributed by atoms with Gasteiger partial charge in [-0.1, -0.05) is 56.2 Å². The van der Waals surface area contributed by atoms with Gasteiger partial charge in [-0.25, -0.2) is 0 Å². The number of rotatable bonds is 3. The van der Waals surface area contributed by atoms with Gasteiger partial charge < -0.3 is 5.32 Å². The molecule has 4 rings (SSSR count). The maximum Gasteiger partial charge on any atom is 0.279 e. The molecular weight excluding hydrogens is 338 g/mol. The maximum absolute atomic E-state index is 13.1. The zero-order valence-corrected chi connectivity index (χ0v) is 15.4. The number of hydrogen-bond donors (Lipinski definition) is 1. The van der Waals surface area contributed by atoms with Gasteiger partial charge in [-0.05, 0) is 37.0 Å². The Kier molecular flexibility index (Phi) is 4.75. The Bertz CT molecular complexity index is 1030. The van der Waals surface area contributed by atoms with E-state index in [-0.39, 0.29) is 17.5 Å². The Balaban J connectivity index is 1.81. The van der Waals surface area contributed by atoms with Crippen LogP contribution in [0.5, 0.6) is 0 Å². The molecule has 1 heterocycles. The molecule has 0 spiro atoms. The van der Waals surface area contributed by atoms with Crippen LogP contribution in [-0.4, -0.2) is 21.7 Å². The molecular formula is C22H23N3O2. The Hall–Kier alpha value is -2.95. The predicted octanol–water partition coefficient (Wildman–Crippen LogP) is 3.69. The minimum absolute atomic E-state index is 0.156. The van der Waals surface area contributed by atoms with E-state index in [1.54, 1.807) is 12.1 Å². The molecule has 3 aromatic rings. The van der Waals surface area contributed by atoms with Gasteiger partial charge in [0.1, 0.15) is 0 Å². The van der Waals surface area contributed by atoms with Gasteiger partial charge in [0.2, 0.25) is 0 Å². The Morgan fingerprint density at radius 2 is 1.67 bits per heavy atom. The summed E-state index contributed by atoms with van der Waals surface area (Å²) < 4.78 is 1.32. The maximum atomic E-state index is 13.1. The molecule has 138 valence electrons. The molecule has 1 saturated carbocycles. The van der Waals surface area contributed by atoms with E-state index in [1.807, 2.05) is 42.5 Å². The van der Waals surface area contributed by atoms with Crippen LogP contribution in [0.1, 0.15) is 43.1 Å². The minimum Gasteiger partial charge on any atom is -0.348 e. The zero-order valence-electron chi connectivity index (χ0n) is 15.4. The van der Waals surface area contributed by atoms with Crippen LogP contribution >= 0.6 is 0 Å². The molecule has 5 nitrogen and oxygen atoms in total. The molecule has 1 aromatic heterocycles. The third-order valence-electron chi connectivity index (χ3n) is 5.45. The van der Waals surface area contributed by atoms with E-state index < -0.39 is 0 Å². The summed E-state index contributed by atoms with van der Waals surface area (Å²) in [6.45, 7) is 2.18. The smallest absolute Gasteiger partial charge is 0.279 e. The van der Waals surface area contributed by atoms with E-state index in [9.17, 15) is 9.59 Å². The minimum atomic E-state index is -0.223. The molecule has 1 aliphatic carbocycles. The van der Waals surface area contributed by atoms with Crippen LogP contribution in [0.25, 0.3) is 16.5 Å². The lowest BCUT2D eigenvalue weighted by molar-refractivity contribution is 0.0905. The molecule has 1 N–H and O–H groups in total. The number of nitrogens with one attached hydrogen (secondary N) is 1. The summed E-state index contributed by atoms with van der Waals surface area (Å²) in [6.07, 6.45) is 4.46. The number of aromatic nitrogens is 2. The van der Waals surface area contributed by atoms with Crippen LogP contribution < -0.4 is 10.9 Å². The average Bonchev–Trinajstić information content (AvgIpc) is 2.71. The number of para-hydroxylation sites is 1. The van der Waals surface area contributed by atoms with Crippen LogP contribution in [0.4, 0.5) is 0 Å². The summed E-state index contributed by atoms with van der Waals surface area (Å²) in [6, 6.07) is 16.5. The van der Waals surface area contributed by atoms with Crippen LogP contribution in [0.3, 0.4) is 0 Å². The van der Waals surface area contributed by atoms with Crippen LogP contribution in [-0.2, 0) is 0 Å². The van der Waals surface area contributed by atoms with Crippen molar-refractivity contribution in [3.63, 3.8) is 0 Å². The van der Waals surface area contributed by atoms with Crippen molar-refractivity contribution in [3.05, 3.63) is 70.6 Å². The number of amides is 1. The van der Waals surface area contributed by atoms with Crippen molar-refractivity contribution in [2.45, 2.75) is 38.6 Å². The average molecular weight is 361 g/mol. The normalized spacial score (nSPS) is 19.7. The van der Waals surface area contributed by atoms with Crippen molar-refractivity contribution >= 4 is 16.7 Å². The zero-order chi connectivity index (χ0) is 18.8. The van der Waals surface area contributed by atoms with E-state index in [2.05, 4.69) is 17.3 Å². The van der Waals surface area contributed by atoms with Crippen molar-refractivity contribution in [3.8, 4) is 5.69 Å². The van der Waals surface area contributed by atoms with Crippen molar-refractivity contribution in [1.82, 2.24) is 15.1 Å². The largest absolute Gasteiger partial charge is 0.348 e. The van der Waals surface area contributed by atoms with Gasteiger partial charge >= 0.3 is 0 Å². The van der Waals surface area contributed by atoms with Gasteiger partial charge in [0.05, 0.1) is 11.1 Å². The molecule has 1 aliphatic rings. The highest BCUT2D eigenvalue weighted by Crippen LogP contribution is 2.24.